The Morgan fingerprint density at radius 1 is 1.00 bits per heavy atom. The molecule has 2 aliphatic rings. The van der Waals surface area contributed by atoms with Crippen molar-refractivity contribution in [3.05, 3.63) is 48.0 Å². The Morgan fingerprint density at radius 3 is 2.30 bits per heavy atom. The highest BCUT2D eigenvalue weighted by atomic mass is 32.2. The molecule has 0 spiro atoms. The second kappa shape index (κ2) is 13.5. The zero-order chi connectivity index (χ0) is 31.4. The van der Waals surface area contributed by atoms with Gasteiger partial charge >= 0.3 is 12.0 Å². The van der Waals surface area contributed by atoms with Crippen molar-refractivity contribution in [3.8, 4) is 5.75 Å². The molecule has 2 atom stereocenters. The second-order valence-corrected chi connectivity index (χ2v) is 14.5. The van der Waals surface area contributed by atoms with E-state index in [1.54, 1.807) is 0 Å². The number of sulfonamides is 2. The van der Waals surface area contributed by atoms with Gasteiger partial charge in [-0.1, -0.05) is 6.07 Å². The number of aliphatic carboxylic acids is 1. The molecule has 0 radical (unpaired) electrons. The number of nitrogens with zero attached hydrogens (tertiary/aromatic N) is 2. The van der Waals surface area contributed by atoms with Crippen molar-refractivity contribution in [1.29, 1.82) is 0 Å². The summed E-state index contributed by atoms with van der Waals surface area (Å²) < 4.78 is 53.0. The van der Waals surface area contributed by atoms with Crippen LogP contribution in [0.3, 0.4) is 0 Å². The van der Waals surface area contributed by atoms with Gasteiger partial charge in [0.1, 0.15) is 11.8 Å². The molecule has 2 unspecified atom stereocenters. The Kier molecular flexibility index (Phi) is 10.2. The minimum absolute atomic E-state index is 0.0250. The van der Waals surface area contributed by atoms with Gasteiger partial charge in [0.2, 0.25) is 20.0 Å². The molecule has 43 heavy (non-hydrogen) atoms. The third-order valence-corrected chi connectivity index (χ3v) is 10.1. The lowest BCUT2D eigenvalue weighted by atomic mass is 9.98. The molecule has 2 aromatic rings. The quantitative estimate of drug-likeness (QED) is 0.196. The fraction of sp³-hybridized carbons (Fsp3) is 0.481. The molecule has 14 nitrogen and oxygen atoms in total. The largest absolute Gasteiger partial charge is 0.506 e. The Hall–Kier alpha value is -3.44. The molecule has 0 bridgehead atoms. The van der Waals surface area contributed by atoms with E-state index in [0.717, 1.165) is 6.26 Å². The number of carboxylic acids is 1. The van der Waals surface area contributed by atoms with Gasteiger partial charge in [-0.05, 0) is 80.1 Å². The number of urea groups is 1. The fourth-order valence-corrected chi connectivity index (χ4v) is 7.29. The van der Waals surface area contributed by atoms with Gasteiger partial charge in [0.15, 0.2) is 0 Å². The van der Waals surface area contributed by atoms with Crippen molar-refractivity contribution in [3.63, 3.8) is 0 Å². The molecule has 0 saturated carbocycles. The number of carboxylic acid groups (broad SMARTS) is 1. The van der Waals surface area contributed by atoms with Gasteiger partial charge in [-0.15, -0.1) is 0 Å². The van der Waals surface area contributed by atoms with Crippen LogP contribution in [0.5, 0.6) is 5.75 Å². The molecule has 2 saturated heterocycles. The van der Waals surface area contributed by atoms with Crippen molar-refractivity contribution in [2.24, 2.45) is 5.92 Å². The highest BCUT2D eigenvalue weighted by molar-refractivity contribution is 7.92. The molecule has 2 aliphatic heterocycles. The first kappa shape index (κ1) is 32.5. The van der Waals surface area contributed by atoms with Crippen LogP contribution in [0.4, 0.5) is 16.2 Å². The van der Waals surface area contributed by atoms with Crippen molar-refractivity contribution in [2.75, 3.05) is 49.0 Å². The standard InChI is InChI=1S/C27H37N5O9S2/c1-42(38,39)30-22-15-19(4-9-24(22)33)25(34)17-28-16-18-10-13-31(14-11-18)43(40,41)21-7-5-20(6-8-21)29-27(37)32-12-2-3-23(32)26(35)36/h4-9,15,18,23,25,28,30,33-34H,2-3,10-14,16-17H2,1H3,(H,29,37)(H,35,36). The first-order valence-electron chi connectivity index (χ1n) is 13.8. The lowest BCUT2D eigenvalue weighted by Crippen LogP contribution is -2.42. The Balaban J connectivity index is 1.24. The number of carbonyl (C=O) groups excluding carboxylic acids is 1. The van der Waals surface area contributed by atoms with Gasteiger partial charge < -0.3 is 30.9 Å². The molecule has 2 heterocycles. The summed E-state index contributed by atoms with van der Waals surface area (Å²) in [5, 5.41) is 35.5. The van der Waals surface area contributed by atoms with E-state index in [1.807, 2.05) is 0 Å². The van der Waals surface area contributed by atoms with Gasteiger partial charge in [0.05, 0.1) is 22.9 Å². The summed E-state index contributed by atoms with van der Waals surface area (Å²) in [5.74, 6) is -1.13. The number of benzene rings is 2. The molecule has 6 N–H and O–H groups in total. The monoisotopic (exact) mass is 639 g/mol. The number of aliphatic hydroxyl groups excluding tert-OH is 1. The smallest absolute Gasteiger partial charge is 0.326 e. The number of aliphatic hydroxyl groups is 1. The highest BCUT2D eigenvalue weighted by Gasteiger charge is 2.34. The summed E-state index contributed by atoms with van der Waals surface area (Å²) in [6, 6.07) is 8.55. The Labute approximate surface area is 250 Å². The van der Waals surface area contributed by atoms with Crippen LogP contribution in [0.2, 0.25) is 0 Å². The Morgan fingerprint density at radius 2 is 1.67 bits per heavy atom. The molecule has 0 aliphatic carbocycles. The van der Waals surface area contributed by atoms with Crippen LogP contribution in [0, 0.1) is 5.92 Å². The lowest BCUT2D eigenvalue weighted by Gasteiger charge is -2.31. The summed E-state index contributed by atoms with van der Waals surface area (Å²) in [6.45, 7) is 1.70. The first-order chi connectivity index (χ1) is 20.2. The van der Waals surface area contributed by atoms with E-state index in [1.165, 1.54) is 51.7 Å². The minimum atomic E-state index is -3.75. The average molecular weight is 640 g/mol. The maximum atomic E-state index is 13.2. The molecular weight excluding hydrogens is 602 g/mol. The third-order valence-electron chi connectivity index (χ3n) is 7.59. The molecule has 2 fully saturated rings. The first-order valence-corrected chi connectivity index (χ1v) is 17.2. The predicted octanol–water partition coefficient (Wildman–Crippen LogP) is 1.57. The van der Waals surface area contributed by atoms with E-state index < -0.39 is 44.2 Å². The minimum Gasteiger partial charge on any atom is -0.506 e. The maximum absolute atomic E-state index is 13.2. The van der Waals surface area contributed by atoms with Crippen LogP contribution in [0.1, 0.15) is 37.4 Å². The van der Waals surface area contributed by atoms with Gasteiger partial charge in [-0.2, -0.15) is 4.31 Å². The van der Waals surface area contributed by atoms with E-state index in [0.29, 0.717) is 63.1 Å². The SMILES string of the molecule is CS(=O)(=O)Nc1cc(C(O)CNCC2CCN(S(=O)(=O)c3ccc(NC(=O)N4CCCC4C(=O)O)cc3)CC2)ccc1O. The number of piperidine rings is 1. The Bertz CT molecular complexity index is 1530. The molecule has 2 aromatic carbocycles. The second-order valence-electron chi connectivity index (χ2n) is 10.8. The van der Waals surface area contributed by atoms with Crippen LogP contribution in [0.15, 0.2) is 47.4 Å². The zero-order valence-electron chi connectivity index (χ0n) is 23.6. The average Bonchev–Trinajstić information content (AvgIpc) is 3.45. The zero-order valence-corrected chi connectivity index (χ0v) is 25.3. The van der Waals surface area contributed by atoms with Gasteiger partial charge in [-0.3, -0.25) is 4.72 Å². The van der Waals surface area contributed by atoms with Crippen LogP contribution < -0.4 is 15.4 Å². The number of aromatic hydroxyl groups is 1. The molecule has 0 aromatic heterocycles. The number of nitrogens with one attached hydrogen (secondary N) is 3. The van der Waals surface area contributed by atoms with Gasteiger partial charge in [0, 0.05) is 31.9 Å². The van der Waals surface area contributed by atoms with Crippen molar-refractivity contribution < 1.29 is 41.7 Å². The van der Waals surface area contributed by atoms with E-state index in [9.17, 15) is 41.7 Å². The topological polar surface area (TPSA) is 206 Å². The van der Waals surface area contributed by atoms with Crippen LogP contribution in [0.25, 0.3) is 0 Å². The highest BCUT2D eigenvalue weighted by Crippen LogP contribution is 2.28. The van der Waals surface area contributed by atoms with E-state index in [4.69, 9.17) is 0 Å². The van der Waals surface area contributed by atoms with E-state index in [-0.39, 0.29) is 28.8 Å². The van der Waals surface area contributed by atoms with Crippen LogP contribution >= 0.6 is 0 Å². The van der Waals surface area contributed by atoms with Crippen molar-refractivity contribution in [2.45, 2.75) is 42.7 Å². The molecular formula is C27H37N5O9S2. The lowest BCUT2D eigenvalue weighted by molar-refractivity contribution is -0.141. The van der Waals surface area contributed by atoms with Crippen molar-refractivity contribution in [1.82, 2.24) is 14.5 Å². The number of carbonyl (C=O) groups is 2. The molecule has 236 valence electrons. The van der Waals surface area contributed by atoms with Gasteiger partial charge in [-0.25, -0.2) is 26.4 Å². The maximum Gasteiger partial charge on any atom is 0.326 e. The van der Waals surface area contributed by atoms with Crippen LogP contribution in [-0.2, 0) is 24.8 Å². The number of hydrogen-bond donors (Lipinski definition) is 6. The number of hydrogen-bond acceptors (Lipinski definition) is 9. The van der Waals surface area contributed by atoms with E-state index >= 15 is 0 Å². The van der Waals surface area contributed by atoms with Crippen LogP contribution in [-0.4, -0.2) is 98.4 Å². The number of amides is 2. The number of anilines is 2. The number of likely N-dealkylation sites (tertiary alicyclic amines) is 1. The molecule has 16 heteroatoms. The summed E-state index contributed by atoms with van der Waals surface area (Å²) >= 11 is 0. The summed E-state index contributed by atoms with van der Waals surface area (Å²) in [5.41, 5.74) is 0.758. The summed E-state index contributed by atoms with van der Waals surface area (Å²) in [7, 11) is -7.36. The van der Waals surface area contributed by atoms with Gasteiger partial charge in [0.25, 0.3) is 0 Å². The normalized spacial score (nSPS) is 19.2. The fourth-order valence-electron chi connectivity index (χ4n) is 5.26. The predicted molar refractivity (Wildman–Crippen MR) is 159 cm³/mol. The van der Waals surface area contributed by atoms with Crippen molar-refractivity contribution >= 4 is 43.4 Å². The number of phenolic OH excluding ortho intramolecular Hbond substituents is 1. The summed E-state index contributed by atoms with van der Waals surface area (Å²) in [4.78, 5) is 25.2. The number of rotatable bonds is 11. The molecule has 4 rings (SSSR count). The number of phenols is 1. The third kappa shape index (κ3) is 8.35. The molecule has 2 amide bonds. The van der Waals surface area contributed by atoms with E-state index in [2.05, 4.69) is 15.4 Å². The summed E-state index contributed by atoms with van der Waals surface area (Å²) in [6.07, 6.45) is 2.22.